The van der Waals surface area contributed by atoms with E-state index in [2.05, 4.69) is 35.0 Å². The van der Waals surface area contributed by atoms with Crippen LogP contribution in [0.5, 0.6) is 0 Å². The Morgan fingerprint density at radius 3 is 2.72 bits per heavy atom. The highest BCUT2D eigenvalue weighted by atomic mass is 32.1. The third-order valence-electron chi connectivity index (χ3n) is 3.50. The monoisotopic (exact) mass is 263 g/mol. The minimum Gasteiger partial charge on any atom is -0.344 e. The van der Waals surface area contributed by atoms with E-state index >= 15 is 0 Å². The van der Waals surface area contributed by atoms with Crippen molar-refractivity contribution in [1.82, 2.24) is 5.32 Å². The Balaban J connectivity index is 1.94. The van der Waals surface area contributed by atoms with Gasteiger partial charge < -0.3 is 14.8 Å². The number of hydrogen-bond donors (Lipinski definition) is 1. The number of benzene rings is 1. The quantitative estimate of drug-likeness (QED) is 0.903. The van der Waals surface area contributed by atoms with Gasteiger partial charge in [-0.1, -0.05) is 18.2 Å². The van der Waals surface area contributed by atoms with Crippen LogP contribution in [-0.4, -0.2) is 26.3 Å². The third kappa shape index (κ3) is 1.95. The minimum absolute atomic E-state index is 0.281. The standard InChI is InChI=1S/C14H17NO2S/c1-14(16-7-10(15-2)8-17-14)12-9-18-13-6-4-3-5-11(12)13/h3-6,9-10,15H,7-8H2,1-2H3. The fraction of sp³-hybridized carbons (Fsp3) is 0.429. The van der Waals surface area contributed by atoms with Gasteiger partial charge in [0.05, 0.1) is 19.3 Å². The molecular weight excluding hydrogens is 246 g/mol. The summed E-state index contributed by atoms with van der Waals surface area (Å²) < 4.78 is 13.2. The van der Waals surface area contributed by atoms with Gasteiger partial charge in [-0.25, -0.2) is 0 Å². The van der Waals surface area contributed by atoms with Gasteiger partial charge in [0, 0.05) is 21.0 Å². The van der Waals surface area contributed by atoms with Crippen molar-refractivity contribution in [2.24, 2.45) is 0 Å². The fourth-order valence-electron chi connectivity index (χ4n) is 2.26. The summed E-state index contributed by atoms with van der Waals surface area (Å²) in [6.45, 7) is 3.36. The lowest BCUT2D eigenvalue weighted by atomic mass is 10.1. The Hall–Kier alpha value is -0.940. The van der Waals surface area contributed by atoms with Gasteiger partial charge in [0.25, 0.3) is 0 Å². The van der Waals surface area contributed by atoms with Crippen LogP contribution in [0.3, 0.4) is 0 Å². The first-order chi connectivity index (χ1) is 8.73. The molecule has 3 nitrogen and oxygen atoms in total. The van der Waals surface area contributed by atoms with E-state index in [0.29, 0.717) is 13.2 Å². The Morgan fingerprint density at radius 1 is 1.28 bits per heavy atom. The van der Waals surface area contributed by atoms with E-state index in [9.17, 15) is 0 Å². The van der Waals surface area contributed by atoms with Crippen LogP contribution in [-0.2, 0) is 15.3 Å². The highest BCUT2D eigenvalue weighted by molar-refractivity contribution is 7.17. The van der Waals surface area contributed by atoms with E-state index in [1.807, 2.05) is 14.0 Å². The van der Waals surface area contributed by atoms with Crippen molar-refractivity contribution in [2.75, 3.05) is 20.3 Å². The Morgan fingerprint density at radius 2 is 2.00 bits per heavy atom. The molecule has 1 aliphatic rings. The van der Waals surface area contributed by atoms with Crippen LogP contribution in [0.1, 0.15) is 12.5 Å². The number of ether oxygens (including phenoxy) is 2. The highest BCUT2D eigenvalue weighted by Gasteiger charge is 2.36. The molecule has 2 heterocycles. The normalized spacial score (nSPS) is 28.7. The first-order valence-corrected chi connectivity index (χ1v) is 7.03. The molecule has 0 saturated carbocycles. The first kappa shape index (κ1) is 12.1. The topological polar surface area (TPSA) is 30.5 Å². The van der Waals surface area contributed by atoms with Gasteiger partial charge in [-0.15, -0.1) is 11.3 Å². The van der Waals surface area contributed by atoms with Crippen molar-refractivity contribution < 1.29 is 9.47 Å². The number of fused-ring (bicyclic) bond motifs is 1. The molecule has 1 aromatic heterocycles. The molecule has 0 radical (unpaired) electrons. The molecule has 0 aliphatic carbocycles. The van der Waals surface area contributed by atoms with Crippen molar-refractivity contribution in [2.45, 2.75) is 18.8 Å². The largest absolute Gasteiger partial charge is 0.344 e. The number of rotatable bonds is 2. The van der Waals surface area contributed by atoms with E-state index in [1.165, 1.54) is 10.1 Å². The molecular formula is C14H17NO2S. The van der Waals surface area contributed by atoms with Crippen molar-refractivity contribution in [3.63, 3.8) is 0 Å². The maximum Gasteiger partial charge on any atom is 0.193 e. The lowest BCUT2D eigenvalue weighted by Crippen LogP contribution is -2.47. The van der Waals surface area contributed by atoms with Gasteiger partial charge in [-0.05, 0) is 20.0 Å². The van der Waals surface area contributed by atoms with Crippen LogP contribution in [0.15, 0.2) is 29.6 Å². The Bertz CT molecular complexity index is 543. The van der Waals surface area contributed by atoms with Crippen LogP contribution >= 0.6 is 11.3 Å². The van der Waals surface area contributed by atoms with Crippen LogP contribution < -0.4 is 5.32 Å². The molecule has 0 amide bonds. The maximum atomic E-state index is 5.94. The number of nitrogens with one attached hydrogen (secondary N) is 1. The summed E-state index contributed by atoms with van der Waals surface area (Å²) >= 11 is 1.74. The Labute approximate surface area is 111 Å². The maximum absolute atomic E-state index is 5.94. The summed E-state index contributed by atoms with van der Waals surface area (Å²) in [6.07, 6.45) is 0. The zero-order valence-electron chi connectivity index (χ0n) is 10.6. The highest BCUT2D eigenvalue weighted by Crippen LogP contribution is 2.38. The molecule has 2 aromatic rings. The fourth-order valence-corrected chi connectivity index (χ4v) is 3.31. The van der Waals surface area contributed by atoms with E-state index in [4.69, 9.17) is 9.47 Å². The lowest BCUT2D eigenvalue weighted by molar-refractivity contribution is -0.271. The van der Waals surface area contributed by atoms with Crippen LogP contribution in [0, 0.1) is 0 Å². The molecule has 96 valence electrons. The van der Waals surface area contributed by atoms with Gasteiger partial charge in [-0.2, -0.15) is 0 Å². The predicted molar refractivity (Wildman–Crippen MR) is 73.9 cm³/mol. The van der Waals surface area contributed by atoms with Gasteiger partial charge in [0.2, 0.25) is 0 Å². The summed E-state index contributed by atoms with van der Waals surface area (Å²) in [5, 5.41) is 6.55. The second kappa shape index (κ2) is 4.63. The van der Waals surface area contributed by atoms with Crippen molar-refractivity contribution in [3.05, 3.63) is 35.2 Å². The molecule has 1 aliphatic heterocycles. The summed E-state index contributed by atoms with van der Waals surface area (Å²) in [5.41, 5.74) is 1.14. The molecule has 1 N–H and O–H groups in total. The summed E-state index contributed by atoms with van der Waals surface area (Å²) in [5.74, 6) is -0.618. The SMILES string of the molecule is CNC1COC(C)(c2csc3ccccc23)OC1. The zero-order chi connectivity index (χ0) is 12.6. The number of likely N-dealkylation sites (N-methyl/N-ethyl adjacent to an activating group) is 1. The molecule has 1 aromatic carbocycles. The van der Waals surface area contributed by atoms with Gasteiger partial charge in [0.15, 0.2) is 5.79 Å². The molecule has 0 bridgehead atoms. The molecule has 0 unspecified atom stereocenters. The molecule has 1 fully saturated rings. The van der Waals surface area contributed by atoms with E-state index in [1.54, 1.807) is 11.3 Å². The van der Waals surface area contributed by atoms with E-state index < -0.39 is 5.79 Å². The second-order valence-electron chi connectivity index (χ2n) is 4.70. The average molecular weight is 263 g/mol. The van der Waals surface area contributed by atoms with Gasteiger partial charge in [0.1, 0.15) is 0 Å². The molecule has 0 spiro atoms. The first-order valence-electron chi connectivity index (χ1n) is 6.15. The summed E-state index contributed by atoms with van der Waals surface area (Å²) in [7, 11) is 1.93. The van der Waals surface area contributed by atoms with Crippen molar-refractivity contribution >= 4 is 21.4 Å². The smallest absolute Gasteiger partial charge is 0.193 e. The van der Waals surface area contributed by atoms with Crippen LogP contribution in [0.4, 0.5) is 0 Å². The zero-order valence-corrected chi connectivity index (χ0v) is 11.4. The van der Waals surface area contributed by atoms with E-state index in [-0.39, 0.29) is 6.04 Å². The second-order valence-corrected chi connectivity index (χ2v) is 5.61. The average Bonchev–Trinajstić information content (AvgIpc) is 2.84. The Kier molecular flexibility index (Phi) is 3.11. The minimum atomic E-state index is -0.618. The third-order valence-corrected chi connectivity index (χ3v) is 4.46. The predicted octanol–water partition coefficient (Wildman–Crippen LogP) is 2.71. The molecule has 18 heavy (non-hydrogen) atoms. The van der Waals surface area contributed by atoms with Crippen molar-refractivity contribution in [3.8, 4) is 0 Å². The van der Waals surface area contributed by atoms with Crippen molar-refractivity contribution in [1.29, 1.82) is 0 Å². The number of hydrogen-bond acceptors (Lipinski definition) is 4. The lowest BCUT2D eigenvalue weighted by Gasteiger charge is -2.37. The summed E-state index contributed by atoms with van der Waals surface area (Å²) in [6, 6.07) is 8.66. The summed E-state index contributed by atoms with van der Waals surface area (Å²) in [4.78, 5) is 0. The molecule has 0 atom stereocenters. The number of thiophene rings is 1. The molecule has 1 saturated heterocycles. The van der Waals surface area contributed by atoms with Gasteiger partial charge >= 0.3 is 0 Å². The van der Waals surface area contributed by atoms with Gasteiger partial charge in [-0.3, -0.25) is 0 Å². The van der Waals surface area contributed by atoms with Crippen LogP contribution in [0.25, 0.3) is 10.1 Å². The molecule has 4 heteroatoms. The van der Waals surface area contributed by atoms with Crippen LogP contribution in [0.2, 0.25) is 0 Å². The van der Waals surface area contributed by atoms with E-state index in [0.717, 1.165) is 5.56 Å². The molecule has 3 rings (SSSR count).